The van der Waals surface area contributed by atoms with Gasteiger partial charge in [-0.1, -0.05) is 24.3 Å². The Kier molecular flexibility index (Phi) is 5.11. The second-order valence-corrected chi connectivity index (χ2v) is 5.13. The van der Waals surface area contributed by atoms with Gasteiger partial charge in [0.2, 0.25) is 0 Å². The quantitative estimate of drug-likeness (QED) is 0.382. The van der Waals surface area contributed by atoms with Gasteiger partial charge < -0.3 is 4.74 Å². The van der Waals surface area contributed by atoms with Crippen LogP contribution in [0.4, 0.5) is 5.69 Å². The molecule has 0 aromatic heterocycles. The molecule has 1 N–H and O–H groups in total. The Labute approximate surface area is 131 Å². The number of para-hydroxylation sites is 1. The number of methoxy groups -OCH3 is 1. The summed E-state index contributed by atoms with van der Waals surface area (Å²) in [5.41, 5.74) is 5.32. The Hall–Kier alpha value is -1.89. The van der Waals surface area contributed by atoms with Crippen molar-refractivity contribution in [2.45, 2.75) is 0 Å². The second kappa shape index (κ2) is 7.04. The summed E-state index contributed by atoms with van der Waals surface area (Å²) in [4.78, 5) is 11.5. The molecule has 0 bridgehead atoms. The van der Waals surface area contributed by atoms with Crippen LogP contribution in [0.15, 0.2) is 53.6 Å². The third kappa shape index (κ3) is 3.80. The minimum atomic E-state index is -0.333. The topological polar surface area (TPSA) is 50.7 Å². The number of carbonyl (C=O) groups is 1. The van der Waals surface area contributed by atoms with E-state index >= 15 is 0 Å². The summed E-state index contributed by atoms with van der Waals surface area (Å²) in [6.45, 7) is 0. The zero-order valence-electron chi connectivity index (χ0n) is 10.8. The fourth-order valence-corrected chi connectivity index (χ4v) is 2.34. The summed E-state index contributed by atoms with van der Waals surface area (Å²) in [7, 11) is 1.37. The van der Waals surface area contributed by atoms with Crippen LogP contribution in [0.3, 0.4) is 0 Å². The average molecular weight is 380 g/mol. The van der Waals surface area contributed by atoms with Crippen molar-refractivity contribution in [2.75, 3.05) is 12.5 Å². The lowest BCUT2D eigenvalue weighted by Gasteiger charge is -2.03. The van der Waals surface area contributed by atoms with Crippen LogP contribution in [0.5, 0.6) is 0 Å². The maximum Gasteiger partial charge on any atom is 0.338 e. The van der Waals surface area contributed by atoms with Crippen LogP contribution in [0, 0.1) is 3.57 Å². The van der Waals surface area contributed by atoms with E-state index < -0.39 is 0 Å². The van der Waals surface area contributed by atoms with Crippen molar-refractivity contribution >= 4 is 40.5 Å². The lowest BCUT2D eigenvalue weighted by Crippen LogP contribution is -2.04. The molecule has 102 valence electrons. The van der Waals surface area contributed by atoms with Crippen molar-refractivity contribution in [3.8, 4) is 0 Å². The molecule has 0 saturated carbocycles. The molecule has 0 aliphatic heterocycles. The SMILES string of the molecule is COC(=O)c1ccc(C=NNc2ccccc2)cc1I. The summed E-state index contributed by atoms with van der Waals surface area (Å²) in [5.74, 6) is -0.333. The second-order valence-electron chi connectivity index (χ2n) is 3.97. The van der Waals surface area contributed by atoms with Gasteiger partial charge in [-0.25, -0.2) is 4.79 Å². The zero-order valence-corrected chi connectivity index (χ0v) is 13.0. The first kappa shape index (κ1) is 14.5. The zero-order chi connectivity index (χ0) is 14.4. The van der Waals surface area contributed by atoms with Crippen molar-refractivity contribution < 1.29 is 9.53 Å². The van der Waals surface area contributed by atoms with Crippen LogP contribution in [0.1, 0.15) is 15.9 Å². The van der Waals surface area contributed by atoms with E-state index in [1.54, 1.807) is 12.3 Å². The fourth-order valence-electron chi connectivity index (χ4n) is 1.58. The van der Waals surface area contributed by atoms with Gasteiger partial charge >= 0.3 is 5.97 Å². The van der Waals surface area contributed by atoms with Crippen LogP contribution >= 0.6 is 22.6 Å². The number of hydrazone groups is 1. The van der Waals surface area contributed by atoms with Gasteiger partial charge in [-0.15, -0.1) is 0 Å². The van der Waals surface area contributed by atoms with Crippen molar-refractivity contribution in [3.63, 3.8) is 0 Å². The lowest BCUT2D eigenvalue weighted by atomic mass is 10.1. The summed E-state index contributed by atoms with van der Waals surface area (Å²) in [6, 6.07) is 15.1. The van der Waals surface area contributed by atoms with Gasteiger partial charge in [0.1, 0.15) is 0 Å². The highest BCUT2D eigenvalue weighted by molar-refractivity contribution is 14.1. The molecule has 0 fully saturated rings. The molecule has 0 aliphatic carbocycles. The lowest BCUT2D eigenvalue weighted by molar-refractivity contribution is 0.0599. The maximum absolute atomic E-state index is 11.5. The monoisotopic (exact) mass is 380 g/mol. The molecule has 2 aromatic rings. The molecule has 0 spiro atoms. The number of halogens is 1. The fraction of sp³-hybridized carbons (Fsp3) is 0.0667. The Morgan fingerprint density at radius 2 is 2.00 bits per heavy atom. The number of ether oxygens (including phenoxy) is 1. The Balaban J connectivity index is 2.07. The number of nitrogens with one attached hydrogen (secondary N) is 1. The third-order valence-corrected chi connectivity index (χ3v) is 3.47. The molecule has 20 heavy (non-hydrogen) atoms. The molecule has 0 heterocycles. The van der Waals surface area contributed by atoms with E-state index in [1.807, 2.05) is 42.5 Å². The first-order valence-electron chi connectivity index (χ1n) is 5.92. The minimum Gasteiger partial charge on any atom is -0.465 e. The number of esters is 1. The summed E-state index contributed by atoms with van der Waals surface area (Å²) in [6.07, 6.45) is 1.70. The van der Waals surface area contributed by atoms with Crippen molar-refractivity contribution in [2.24, 2.45) is 5.10 Å². The Bertz CT molecular complexity index is 627. The van der Waals surface area contributed by atoms with Crippen LogP contribution in [0.25, 0.3) is 0 Å². The number of anilines is 1. The largest absolute Gasteiger partial charge is 0.465 e. The molecule has 0 aliphatic rings. The van der Waals surface area contributed by atoms with Crippen molar-refractivity contribution in [1.82, 2.24) is 0 Å². The van der Waals surface area contributed by atoms with Gasteiger partial charge in [-0.3, -0.25) is 5.43 Å². The number of hydrogen-bond donors (Lipinski definition) is 1. The van der Waals surface area contributed by atoms with Gasteiger partial charge in [0, 0.05) is 3.57 Å². The molecule has 5 heteroatoms. The van der Waals surface area contributed by atoms with E-state index in [9.17, 15) is 4.79 Å². The van der Waals surface area contributed by atoms with E-state index in [2.05, 4.69) is 33.1 Å². The molecule has 4 nitrogen and oxygen atoms in total. The smallest absolute Gasteiger partial charge is 0.338 e. The number of hydrogen-bond acceptors (Lipinski definition) is 4. The molecule has 0 atom stereocenters. The van der Waals surface area contributed by atoms with Crippen molar-refractivity contribution in [1.29, 1.82) is 0 Å². The van der Waals surface area contributed by atoms with E-state index in [-0.39, 0.29) is 5.97 Å². The van der Waals surface area contributed by atoms with E-state index in [4.69, 9.17) is 4.74 Å². The van der Waals surface area contributed by atoms with Crippen LogP contribution in [-0.2, 0) is 4.74 Å². The molecular weight excluding hydrogens is 367 g/mol. The van der Waals surface area contributed by atoms with E-state index in [0.717, 1.165) is 14.8 Å². The Morgan fingerprint density at radius 3 is 2.65 bits per heavy atom. The van der Waals surface area contributed by atoms with Crippen LogP contribution < -0.4 is 5.43 Å². The third-order valence-electron chi connectivity index (χ3n) is 2.58. The van der Waals surface area contributed by atoms with Crippen LogP contribution in [0.2, 0.25) is 0 Å². The first-order valence-corrected chi connectivity index (χ1v) is 7.00. The number of nitrogens with zero attached hydrogens (tertiary/aromatic N) is 1. The molecule has 0 unspecified atom stereocenters. The minimum absolute atomic E-state index is 0.333. The highest BCUT2D eigenvalue weighted by atomic mass is 127. The summed E-state index contributed by atoms with van der Waals surface area (Å²) >= 11 is 2.10. The number of carbonyl (C=O) groups excluding carboxylic acids is 1. The van der Waals surface area contributed by atoms with Gasteiger partial charge in [-0.2, -0.15) is 5.10 Å². The highest BCUT2D eigenvalue weighted by Gasteiger charge is 2.09. The molecule has 2 rings (SSSR count). The first-order chi connectivity index (χ1) is 9.70. The maximum atomic E-state index is 11.5. The summed E-state index contributed by atoms with van der Waals surface area (Å²) in [5, 5.41) is 4.15. The molecule has 0 saturated heterocycles. The predicted octanol–water partition coefficient (Wildman–Crippen LogP) is 3.52. The van der Waals surface area contributed by atoms with Gasteiger partial charge in [0.15, 0.2) is 0 Å². The highest BCUT2D eigenvalue weighted by Crippen LogP contribution is 2.15. The number of benzene rings is 2. The Morgan fingerprint density at radius 1 is 1.25 bits per heavy atom. The molecule has 0 radical (unpaired) electrons. The van der Waals surface area contributed by atoms with E-state index in [0.29, 0.717) is 5.56 Å². The van der Waals surface area contributed by atoms with E-state index in [1.165, 1.54) is 7.11 Å². The van der Waals surface area contributed by atoms with Gasteiger partial charge in [0.25, 0.3) is 0 Å². The average Bonchev–Trinajstić information content (AvgIpc) is 2.48. The molecule has 2 aromatic carbocycles. The van der Waals surface area contributed by atoms with Crippen molar-refractivity contribution in [3.05, 3.63) is 63.2 Å². The molecular formula is C15H13IN2O2. The van der Waals surface area contributed by atoms with Crippen LogP contribution in [-0.4, -0.2) is 19.3 Å². The molecule has 0 amide bonds. The number of rotatable bonds is 4. The van der Waals surface area contributed by atoms with Gasteiger partial charge in [-0.05, 0) is 52.4 Å². The normalized spacial score (nSPS) is 10.5. The summed E-state index contributed by atoms with van der Waals surface area (Å²) < 4.78 is 5.54. The van der Waals surface area contributed by atoms with Gasteiger partial charge in [0.05, 0.1) is 24.6 Å². The standard InChI is InChI=1S/C15H13IN2O2/c1-20-15(19)13-8-7-11(9-14(13)16)10-17-18-12-5-3-2-4-6-12/h2-10,18H,1H3. The predicted molar refractivity (Wildman–Crippen MR) is 88.2 cm³/mol.